The Morgan fingerprint density at radius 1 is 1.44 bits per heavy atom. The van der Waals surface area contributed by atoms with Gasteiger partial charge in [0.25, 0.3) is 0 Å². The third-order valence-corrected chi connectivity index (χ3v) is 5.23. The molecule has 0 saturated carbocycles. The second-order valence-electron chi connectivity index (χ2n) is 6.31. The number of nitrogens with zero attached hydrogens (tertiary/aromatic N) is 5. The van der Waals surface area contributed by atoms with Crippen molar-refractivity contribution in [1.82, 2.24) is 19.7 Å². The molecule has 0 spiro atoms. The fourth-order valence-corrected chi connectivity index (χ4v) is 3.76. The van der Waals surface area contributed by atoms with E-state index in [0.717, 1.165) is 12.3 Å². The lowest BCUT2D eigenvalue weighted by Gasteiger charge is -2.19. The van der Waals surface area contributed by atoms with E-state index in [-0.39, 0.29) is 22.9 Å². The number of aromatic nitrogens is 4. The topological polar surface area (TPSA) is 127 Å². The Bertz CT molecular complexity index is 1130. The summed E-state index contributed by atoms with van der Waals surface area (Å²) >= 11 is 1.20. The normalized spacial score (nSPS) is 17.0. The van der Waals surface area contributed by atoms with Crippen LogP contribution in [0.25, 0.3) is 16.2 Å². The van der Waals surface area contributed by atoms with Crippen LogP contribution in [-0.4, -0.2) is 50.0 Å². The molecule has 3 aromatic heterocycles. The van der Waals surface area contributed by atoms with E-state index in [2.05, 4.69) is 15.2 Å². The Kier molecular flexibility index (Phi) is 4.12. The maximum Gasteiger partial charge on any atom is 0.341 e. The first kappa shape index (κ1) is 17.5. The fraction of sp³-hybridized carbons (Fsp3) is 0.312. The molecule has 27 heavy (non-hydrogen) atoms. The number of hydrogen-bond donors (Lipinski definition) is 2. The SMILES string of the molecule is Cc1nnc(-n2cc(C(=O)O)c(=O)c3cc(F)c(N4CC[C@H](N)C4)nc32)s1. The lowest BCUT2D eigenvalue weighted by molar-refractivity contribution is 0.0695. The third-order valence-electron chi connectivity index (χ3n) is 4.39. The molecule has 9 nitrogen and oxygen atoms in total. The molecule has 0 bridgehead atoms. The van der Waals surface area contributed by atoms with E-state index in [1.807, 2.05) is 0 Å². The van der Waals surface area contributed by atoms with Crippen LogP contribution in [0.5, 0.6) is 0 Å². The number of nitrogens with two attached hydrogens (primary N) is 1. The maximum atomic E-state index is 14.7. The van der Waals surface area contributed by atoms with Gasteiger partial charge in [0.1, 0.15) is 10.6 Å². The number of carbonyl (C=O) groups is 1. The number of pyridine rings is 2. The molecule has 1 atom stereocenters. The summed E-state index contributed by atoms with van der Waals surface area (Å²) in [6, 6.07) is 0.949. The molecular weight excluding hydrogens is 375 g/mol. The maximum absolute atomic E-state index is 14.7. The molecule has 1 saturated heterocycles. The molecule has 3 N–H and O–H groups in total. The second kappa shape index (κ2) is 6.35. The zero-order valence-corrected chi connectivity index (χ0v) is 15.0. The van der Waals surface area contributed by atoms with Gasteiger partial charge in [-0.15, -0.1) is 10.2 Å². The van der Waals surface area contributed by atoms with Crippen LogP contribution in [-0.2, 0) is 0 Å². The van der Waals surface area contributed by atoms with Crippen molar-refractivity contribution in [2.24, 2.45) is 5.73 Å². The molecule has 140 valence electrons. The largest absolute Gasteiger partial charge is 0.477 e. The number of anilines is 1. The highest BCUT2D eigenvalue weighted by atomic mass is 32.1. The number of fused-ring (bicyclic) bond motifs is 1. The van der Waals surface area contributed by atoms with E-state index >= 15 is 0 Å². The summed E-state index contributed by atoms with van der Waals surface area (Å²) in [5, 5.41) is 18.1. The van der Waals surface area contributed by atoms with E-state index in [1.54, 1.807) is 11.8 Å². The van der Waals surface area contributed by atoms with E-state index in [0.29, 0.717) is 29.6 Å². The number of aryl methyl sites for hydroxylation is 1. The molecule has 1 aliphatic heterocycles. The van der Waals surface area contributed by atoms with Gasteiger partial charge < -0.3 is 15.7 Å². The van der Waals surface area contributed by atoms with Crippen molar-refractivity contribution in [1.29, 1.82) is 0 Å². The summed E-state index contributed by atoms with van der Waals surface area (Å²) < 4.78 is 16.0. The molecule has 0 radical (unpaired) electrons. The van der Waals surface area contributed by atoms with Crippen LogP contribution in [0.1, 0.15) is 21.8 Å². The number of halogens is 1. The van der Waals surface area contributed by atoms with Gasteiger partial charge in [-0.25, -0.2) is 14.2 Å². The number of aromatic carboxylic acids is 1. The Morgan fingerprint density at radius 2 is 2.22 bits per heavy atom. The number of carboxylic acid groups (broad SMARTS) is 1. The second-order valence-corrected chi connectivity index (χ2v) is 7.47. The molecule has 4 heterocycles. The first-order valence-electron chi connectivity index (χ1n) is 8.15. The van der Waals surface area contributed by atoms with Gasteiger partial charge in [0.2, 0.25) is 10.6 Å². The van der Waals surface area contributed by atoms with Gasteiger partial charge in [0, 0.05) is 25.3 Å². The van der Waals surface area contributed by atoms with Crippen LogP contribution >= 0.6 is 11.3 Å². The molecule has 4 rings (SSSR count). The van der Waals surface area contributed by atoms with E-state index < -0.39 is 22.8 Å². The van der Waals surface area contributed by atoms with E-state index in [4.69, 9.17) is 5.73 Å². The van der Waals surface area contributed by atoms with Crippen LogP contribution in [0.4, 0.5) is 10.2 Å². The van der Waals surface area contributed by atoms with Gasteiger partial charge in [-0.05, 0) is 19.4 Å². The highest BCUT2D eigenvalue weighted by Gasteiger charge is 2.26. The Morgan fingerprint density at radius 3 is 2.81 bits per heavy atom. The molecule has 0 unspecified atom stereocenters. The molecule has 1 aliphatic rings. The molecular formula is C16H15FN6O3S. The van der Waals surface area contributed by atoms with Crippen LogP contribution < -0.4 is 16.1 Å². The van der Waals surface area contributed by atoms with Crippen molar-refractivity contribution in [2.45, 2.75) is 19.4 Å². The summed E-state index contributed by atoms with van der Waals surface area (Å²) in [7, 11) is 0. The lowest BCUT2D eigenvalue weighted by Crippen LogP contribution is -2.28. The Hall–Kier alpha value is -2.92. The van der Waals surface area contributed by atoms with E-state index in [1.165, 1.54) is 15.9 Å². The van der Waals surface area contributed by atoms with Crippen LogP contribution in [0.2, 0.25) is 0 Å². The quantitative estimate of drug-likeness (QED) is 0.676. The standard InChI is InChI=1S/C16H15FN6O3S/c1-7-20-21-16(27-7)23-6-10(15(25)26)12(24)9-4-11(17)14(19-13(9)23)22-3-2-8(18)5-22/h4,6,8H,2-3,5,18H2,1H3,(H,25,26)/t8-/m0/s1. The first-order chi connectivity index (χ1) is 12.8. The zero-order valence-electron chi connectivity index (χ0n) is 14.2. The highest BCUT2D eigenvalue weighted by molar-refractivity contribution is 7.13. The minimum absolute atomic E-state index is 0.0768. The van der Waals surface area contributed by atoms with Gasteiger partial charge in [0.05, 0.1) is 5.39 Å². The van der Waals surface area contributed by atoms with Crippen molar-refractivity contribution in [3.8, 4) is 5.13 Å². The smallest absolute Gasteiger partial charge is 0.341 e. The summed E-state index contributed by atoms with van der Waals surface area (Å²) in [6.45, 7) is 2.74. The summed E-state index contributed by atoms with van der Waals surface area (Å²) in [6.07, 6.45) is 1.86. The van der Waals surface area contributed by atoms with Crippen molar-refractivity contribution in [3.05, 3.63) is 38.9 Å². The van der Waals surface area contributed by atoms with Crippen molar-refractivity contribution >= 4 is 34.2 Å². The predicted molar refractivity (Wildman–Crippen MR) is 97.3 cm³/mol. The predicted octanol–water partition coefficient (Wildman–Crippen LogP) is 0.920. The minimum atomic E-state index is -1.41. The average Bonchev–Trinajstić information content (AvgIpc) is 3.23. The van der Waals surface area contributed by atoms with Gasteiger partial charge in [-0.3, -0.25) is 9.36 Å². The monoisotopic (exact) mass is 390 g/mol. The fourth-order valence-electron chi connectivity index (χ4n) is 3.10. The highest BCUT2D eigenvalue weighted by Crippen LogP contribution is 2.26. The summed E-state index contributed by atoms with van der Waals surface area (Å²) in [5.74, 6) is -2.03. The lowest BCUT2D eigenvalue weighted by atomic mass is 10.2. The summed E-state index contributed by atoms with van der Waals surface area (Å²) in [5.41, 5.74) is 4.73. The van der Waals surface area contributed by atoms with Gasteiger partial charge >= 0.3 is 5.97 Å². The van der Waals surface area contributed by atoms with E-state index in [9.17, 15) is 19.1 Å². The molecule has 11 heteroatoms. The number of carboxylic acids is 1. The van der Waals surface area contributed by atoms with Crippen molar-refractivity contribution in [3.63, 3.8) is 0 Å². The van der Waals surface area contributed by atoms with Gasteiger partial charge in [0.15, 0.2) is 17.3 Å². The number of rotatable bonds is 3. The van der Waals surface area contributed by atoms with Crippen molar-refractivity contribution < 1.29 is 14.3 Å². The zero-order chi connectivity index (χ0) is 19.3. The molecule has 1 fully saturated rings. The Balaban J connectivity index is 2.02. The first-order valence-corrected chi connectivity index (χ1v) is 8.97. The molecule has 0 amide bonds. The summed E-state index contributed by atoms with van der Waals surface area (Å²) in [4.78, 5) is 30.1. The van der Waals surface area contributed by atoms with Gasteiger partial charge in [-0.1, -0.05) is 11.3 Å². The molecule has 0 aromatic carbocycles. The van der Waals surface area contributed by atoms with Crippen LogP contribution in [0, 0.1) is 12.7 Å². The third kappa shape index (κ3) is 2.94. The minimum Gasteiger partial charge on any atom is -0.477 e. The van der Waals surface area contributed by atoms with Gasteiger partial charge in [-0.2, -0.15) is 0 Å². The van der Waals surface area contributed by atoms with Crippen molar-refractivity contribution in [2.75, 3.05) is 18.0 Å². The molecule has 3 aromatic rings. The van der Waals surface area contributed by atoms with Crippen LogP contribution in [0.3, 0.4) is 0 Å². The molecule has 0 aliphatic carbocycles. The average molecular weight is 390 g/mol. The Labute approximate surface area is 155 Å². The van der Waals surface area contributed by atoms with Crippen LogP contribution in [0.15, 0.2) is 17.1 Å². The number of hydrogen-bond acceptors (Lipinski definition) is 8.